The number of hydrogen-bond acceptors (Lipinski definition) is 7. The molecule has 0 fully saturated rings. The molecule has 32 heavy (non-hydrogen) atoms. The molecule has 0 unspecified atom stereocenters. The van der Waals surface area contributed by atoms with Gasteiger partial charge in [-0.15, -0.1) is 11.3 Å². The summed E-state index contributed by atoms with van der Waals surface area (Å²) in [6.45, 7) is 0.279. The lowest BCUT2D eigenvalue weighted by atomic mass is 10.2. The van der Waals surface area contributed by atoms with Crippen molar-refractivity contribution in [2.24, 2.45) is 0 Å². The third kappa shape index (κ3) is 5.01. The Morgan fingerprint density at radius 2 is 1.91 bits per heavy atom. The predicted molar refractivity (Wildman–Crippen MR) is 133 cm³/mol. The number of carbonyl (C=O) groups is 1. The number of imidazole rings is 1. The third-order valence-corrected chi connectivity index (χ3v) is 8.01. The van der Waals surface area contributed by atoms with Gasteiger partial charge in [-0.2, -0.15) is 0 Å². The largest absolute Gasteiger partial charge is 0.341 e. The standard InChI is InChI=1S/C21H15BrN6OS3/c22-13-7-5-12(6-8-13)15-9-23-17(26-15)10-24-19(29)28-20-25-11-18(31-20)32-21-27-14-3-1-2-4-16(14)30-21/h1-9,11H,10H2,(H,23,26)(H2,24,25,28,29). The molecule has 160 valence electrons. The Morgan fingerprint density at radius 1 is 1.06 bits per heavy atom. The monoisotopic (exact) mass is 542 g/mol. The van der Waals surface area contributed by atoms with Crippen LogP contribution in [0.15, 0.2) is 73.9 Å². The third-order valence-electron chi connectivity index (χ3n) is 4.37. The first kappa shape index (κ1) is 21.1. The van der Waals surface area contributed by atoms with Crippen molar-refractivity contribution >= 4 is 71.7 Å². The van der Waals surface area contributed by atoms with Gasteiger partial charge in [0.15, 0.2) is 9.47 Å². The SMILES string of the molecule is O=C(NCc1ncc(-c2ccc(Br)cc2)[nH]1)Nc1ncc(Sc2nc3ccccc3s2)s1. The molecule has 5 aromatic rings. The lowest BCUT2D eigenvalue weighted by molar-refractivity contribution is 0.251. The zero-order chi connectivity index (χ0) is 21.9. The molecular formula is C21H15BrN6OS3. The Bertz CT molecular complexity index is 1340. The molecule has 7 nitrogen and oxygen atoms in total. The number of amides is 2. The number of H-pyrrole nitrogens is 1. The number of benzene rings is 2. The molecule has 2 amide bonds. The van der Waals surface area contributed by atoms with Gasteiger partial charge in [-0.25, -0.2) is 19.7 Å². The fourth-order valence-corrected chi connectivity index (χ4v) is 6.31. The number of aromatic nitrogens is 4. The summed E-state index contributed by atoms with van der Waals surface area (Å²) in [5, 5.41) is 6.09. The molecule has 0 aliphatic carbocycles. The van der Waals surface area contributed by atoms with E-state index in [1.54, 1.807) is 35.5 Å². The number of aromatic amines is 1. The second kappa shape index (κ2) is 9.41. The second-order valence-electron chi connectivity index (χ2n) is 6.59. The number of carbonyl (C=O) groups excluding carboxylic acids is 1. The molecule has 5 rings (SSSR count). The van der Waals surface area contributed by atoms with E-state index in [-0.39, 0.29) is 12.6 Å². The highest BCUT2D eigenvalue weighted by atomic mass is 79.9. The van der Waals surface area contributed by atoms with E-state index < -0.39 is 0 Å². The van der Waals surface area contributed by atoms with Crippen molar-refractivity contribution < 1.29 is 4.79 Å². The first-order chi connectivity index (χ1) is 15.6. The first-order valence-electron chi connectivity index (χ1n) is 9.46. The Balaban J connectivity index is 1.15. The van der Waals surface area contributed by atoms with Gasteiger partial charge >= 0.3 is 6.03 Å². The van der Waals surface area contributed by atoms with E-state index >= 15 is 0 Å². The van der Waals surface area contributed by atoms with Crippen LogP contribution in [0.5, 0.6) is 0 Å². The normalized spacial score (nSPS) is 11.0. The number of urea groups is 1. The Morgan fingerprint density at radius 3 is 2.75 bits per heavy atom. The predicted octanol–water partition coefficient (Wildman–Crippen LogP) is 6.38. The van der Waals surface area contributed by atoms with E-state index in [9.17, 15) is 4.79 Å². The molecule has 3 aromatic heterocycles. The van der Waals surface area contributed by atoms with Gasteiger partial charge in [0.05, 0.1) is 39.1 Å². The van der Waals surface area contributed by atoms with Crippen LogP contribution in [0.1, 0.15) is 5.82 Å². The second-order valence-corrected chi connectivity index (χ2v) is 11.1. The van der Waals surface area contributed by atoms with Crippen molar-refractivity contribution in [1.29, 1.82) is 0 Å². The summed E-state index contributed by atoms with van der Waals surface area (Å²) < 4.78 is 4.08. The minimum atomic E-state index is -0.336. The fourth-order valence-electron chi connectivity index (χ4n) is 2.88. The maximum absolute atomic E-state index is 12.3. The number of nitrogens with zero attached hydrogens (tertiary/aromatic N) is 3. The fraction of sp³-hybridized carbons (Fsp3) is 0.0476. The number of nitrogens with one attached hydrogen (secondary N) is 3. The summed E-state index contributed by atoms with van der Waals surface area (Å²) >= 11 is 8.02. The smallest absolute Gasteiger partial charge is 0.321 e. The van der Waals surface area contributed by atoms with E-state index in [0.717, 1.165) is 34.5 Å². The van der Waals surface area contributed by atoms with Gasteiger partial charge < -0.3 is 10.3 Å². The molecule has 0 spiro atoms. The van der Waals surface area contributed by atoms with Crippen LogP contribution in [-0.4, -0.2) is 26.0 Å². The highest BCUT2D eigenvalue weighted by Gasteiger charge is 2.11. The van der Waals surface area contributed by atoms with Crippen LogP contribution in [0.2, 0.25) is 0 Å². The zero-order valence-corrected chi connectivity index (χ0v) is 20.4. The van der Waals surface area contributed by atoms with Crippen LogP contribution in [0.4, 0.5) is 9.93 Å². The number of thiazole rings is 2. The van der Waals surface area contributed by atoms with Crippen molar-refractivity contribution in [2.45, 2.75) is 15.1 Å². The van der Waals surface area contributed by atoms with Gasteiger partial charge in [-0.3, -0.25) is 5.32 Å². The van der Waals surface area contributed by atoms with E-state index in [2.05, 4.69) is 52.6 Å². The van der Waals surface area contributed by atoms with Crippen molar-refractivity contribution in [2.75, 3.05) is 5.32 Å². The van der Waals surface area contributed by atoms with Crippen LogP contribution < -0.4 is 10.6 Å². The lowest BCUT2D eigenvalue weighted by Gasteiger charge is -2.03. The van der Waals surface area contributed by atoms with Gasteiger partial charge in [0.25, 0.3) is 0 Å². The van der Waals surface area contributed by atoms with Crippen LogP contribution in [0.3, 0.4) is 0 Å². The summed E-state index contributed by atoms with van der Waals surface area (Å²) in [5.41, 5.74) is 2.91. The number of fused-ring (bicyclic) bond motifs is 1. The van der Waals surface area contributed by atoms with E-state index in [4.69, 9.17) is 0 Å². The molecule has 11 heteroatoms. The molecule has 0 bridgehead atoms. The van der Waals surface area contributed by atoms with Crippen LogP contribution in [0, 0.1) is 0 Å². The minimum absolute atomic E-state index is 0.279. The van der Waals surface area contributed by atoms with E-state index in [1.807, 2.05) is 42.5 Å². The van der Waals surface area contributed by atoms with Crippen LogP contribution in [-0.2, 0) is 6.54 Å². The van der Waals surface area contributed by atoms with E-state index in [1.165, 1.54) is 11.3 Å². The highest BCUT2D eigenvalue weighted by molar-refractivity contribution is 9.10. The van der Waals surface area contributed by atoms with E-state index in [0.29, 0.717) is 11.0 Å². The minimum Gasteiger partial charge on any atom is -0.341 e. The quantitative estimate of drug-likeness (QED) is 0.231. The van der Waals surface area contributed by atoms with Crippen LogP contribution in [0.25, 0.3) is 21.5 Å². The summed E-state index contributed by atoms with van der Waals surface area (Å²) in [6.07, 6.45) is 3.50. The topological polar surface area (TPSA) is 95.6 Å². The molecule has 0 aliphatic rings. The summed E-state index contributed by atoms with van der Waals surface area (Å²) in [4.78, 5) is 28.7. The molecule has 0 aliphatic heterocycles. The van der Waals surface area contributed by atoms with Gasteiger partial charge in [-0.05, 0) is 41.6 Å². The lowest BCUT2D eigenvalue weighted by Crippen LogP contribution is -2.28. The van der Waals surface area contributed by atoms with Gasteiger partial charge in [0.1, 0.15) is 5.82 Å². The Kier molecular flexibility index (Phi) is 6.21. The molecule has 0 saturated heterocycles. The molecule has 3 N–H and O–H groups in total. The number of para-hydroxylation sites is 1. The van der Waals surface area contributed by atoms with Crippen molar-refractivity contribution in [3.05, 3.63) is 71.2 Å². The molecule has 0 saturated carbocycles. The summed E-state index contributed by atoms with van der Waals surface area (Å²) in [5.74, 6) is 0.671. The van der Waals surface area contributed by atoms with Crippen molar-refractivity contribution in [1.82, 2.24) is 25.3 Å². The van der Waals surface area contributed by atoms with Gasteiger partial charge in [0, 0.05) is 4.47 Å². The van der Waals surface area contributed by atoms with Crippen molar-refractivity contribution in [3.63, 3.8) is 0 Å². The van der Waals surface area contributed by atoms with Crippen molar-refractivity contribution in [3.8, 4) is 11.3 Å². The maximum atomic E-state index is 12.3. The van der Waals surface area contributed by atoms with Crippen LogP contribution >= 0.6 is 50.4 Å². The zero-order valence-electron chi connectivity index (χ0n) is 16.3. The van der Waals surface area contributed by atoms with Gasteiger partial charge in [-0.1, -0.05) is 51.5 Å². The molecule has 0 radical (unpaired) electrons. The number of rotatable bonds is 6. The average molecular weight is 543 g/mol. The Labute approximate surface area is 203 Å². The molecule has 2 aromatic carbocycles. The Hall–Kier alpha value is -2.73. The number of anilines is 1. The number of halogens is 1. The maximum Gasteiger partial charge on any atom is 0.321 e. The molecular weight excluding hydrogens is 528 g/mol. The highest BCUT2D eigenvalue weighted by Crippen LogP contribution is 2.37. The molecule has 3 heterocycles. The summed E-state index contributed by atoms with van der Waals surface area (Å²) in [7, 11) is 0. The summed E-state index contributed by atoms with van der Waals surface area (Å²) in [6, 6.07) is 15.6. The first-order valence-corrected chi connectivity index (χ1v) is 12.7. The average Bonchev–Trinajstić information content (AvgIpc) is 3.52. The number of hydrogen-bond donors (Lipinski definition) is 3. The molecule has 0 atom stereocenters. The van der Waals surface area contributed by atoms with Gasteiger partial charge in [0.2, 0.25) is 0 Å².